The third-order valence-corrected chi connectivity index (χ3v) is 7.15. The van der Waals surface area contributed by atoms with Crippen LogP contribution >= 0.6 is 0 Å². The molecule has 2 atom stereocenters. The second kappa shape index (κ2) is 12.2. The number of ether oxygens (including phenoxy) is 3. The van der Waals surface area contributed by atoms with Gasteiger partial charge in [0.1, 0.15) is 18.1 Å². The van der Waals surface area contributed by atoms with E-state index in [0.29, 0.717) is 23.7 Å². The topological polar surface area (TPSA) is 51.2 Å². The van der Waals surface area contributed by atoms with Crippen LogP contribution < -0.4 is 9.47 Å². The minimum atomic E-state index is 0.0320. The van der Waals surface area contributed by atoms with Crippen LogP contribution in [0.4, 0.5) is 0 Å². The number of hydrogen-bond acceptors (Lipinski definition) is 5. The number of benzene rings is 2. The molecule has 2 aromatic rings. The fourth-order valence-electron chi connectivity index (χ4n) is 5.21. The summed E-state index contributed by atoms with van der Waals surface area (Å²) in [4.78, 5) is 18.2. The van der Waals surface area contributed by atoms with E-state index in [2.05, 4.69) is 35.2 Å². The maximum Gasteiger partial charge on any atom is 0.257 e. The van der Waals surface area contributed by atoms with Gasteiger partial charge in [-0.1, -0.05) is 36.8 Å². The Morgan fingerprint density at radius 3 is 2.62 bits per heavy atom. The standard InChI is InChI=1S/C28H38N2O4/c1-32-23-13-14-24-27(21-23)34-20-19-29(18-15-22-9-4-3-5-10-22)16-7-6-11-25-26(33-2)12-8-17-30(25)28(24)31/h3-5,9-10,13-14,21,25-26H,6-8,11-12,15-20H2,1-2H3/t25-,26-/m1/s1. The number of carbonyl (C=O) groups excluding carboxylic acids is 1. The maximum absolute atomic E-state index is 13.7. The second-order valence-corrected chi connectivity index (χ2v) is 9.27. The van der Waals surface area contributed by atoms with Crippen molar-refractivity contribution < 1.29 is 19.0 Å². The van der Waals surface area contributed by atoms with E-state index >= 15 is 0 Å². The molecular weight excluding hydrogens is 428 g/mol. The fraction of sp³-hybridized carbons (Fsp3) is 0.536. The Labute approximate surface area is 203 Å². The molecular formula is C28H38N2O4. The average molecular weight is 467 g/mol. The van der Waals surface area contributed by atoms with Crippen LogP contribution in [-0.4, -0.2) is 74.9 Å². The molecule has 1 fully saturated rings. The molecule has 0 saturated carbocycles. The highest BCUT2D eigenvalue weighted by molar-refractivity contribution is 5.97. The summed E-state index contributed by atoms with van der Waals surface area (Å²) < 4.78 is 17.5. The lowest BCUT2D eigenvalue weighted by molar-refractivity contribution is -0.0155. The molecule has 2 aliphatic rings. The highest BCUT2D eigenvalue weighted by Gasteiger charge is 2.35. The Hall–Kier alpha value is -2.57. The van der Waals surface area contributed by atoms with Crippen molar-refractivity contribution in [1.29, 1.82) is 0 Å². The van der Waals surface area contributed by atoms with Crippen LogP contribution in [0.5, 0.6) is 11.5 Å². The SMILES string of the molecule is COc1ccc2c(c1)OCCN(CCc1ccccc1)CCCC[C@@H]1[C@H](OC)CCCN1C2=O. The van der Waals surface area contributed by atoms with Gasteiger partial charge in [-0.15, -0.1) is 0 Å². The Bertz CT molecular complexity index is 920. The van der Waals surface area contributed by atoms with E-state index in [0.717, 1.165) is 64.7 Å². The van der Waals surface area contributed by atoms with Gasteiger partial charge in [0, 0.05) is 32.8 Å². The molecule has 2 heterocycles. The van der Waals surface area contributed by atoms with Gasteiger partial charge in [-0.25, -0.2) is 0 Å². The lowest BCUT2D eigenvalue weighted by atomic mass is 9.93. The van der Waals surface area contributed by atoms with Crippen LogP contribution in [0.3, 0.4) is 0 Å². The minimum Gasteiger partial charge on any atom is -0.497 e. The summed E-state index contributed by atoms with van der Waals surface area (Å²) in [5.74, 6) is 1.33. The van der Waals surface area contributed by atoms with E-state index in [1.165, 1.54) is 5.56 Å². The molecule has 0 unspecified atom stereocenters. The van der Waals surface area contributed by atoms with Crippen molar-refractivity contribution in [2.75, 3.05) is 47.0 Å². The first-order chi connectivity index (χ1) is 16.7. The van der Waals surface area contributed by atoms with Crippen LogP contribution in [0.2, 0.25) is 0 Å². The van der Waals surface area contributed by atoms with Crippen molar-refractivity contribution in [3.05, 3.63) is 59.7 Å². The van der Waals surface area contributed by atoms with Crippen molar-refractivity contribution in [1.82, 2.24) is 9.80 Å². The number of rotatable bonds is 5. The second-order valence-electron chi connectivity index (χ2n) is 9.27. The minimum absolute atomic E-state index is 0.0320. The van der Waals surface area contributed by atoms with E-state index in [1.807, 2.05) is 23.1 Å². The predicted molar refractivity (Wildman–Crippen MR) is 134 cm³/mol. The molecule has 6 nitrogen and oxygen atoms in total. The van der Waals surface area contributed by atoms with E-state index in [1.54, 1.807) is 14.2 Å². The quantitative estimate of drug-likeness (QED) is 0.653. The molecule has 1 saturated heterocycles. The first kappa shape index (κ1) is 24.6. The zero-order valence-electron chi connectivity index (χ0n) is 20.6. The fourth-order valence-corrected chi connectivity index (χ4v) is 5.21. The molecule has 1 amide bonds. The highest BCUT2D eigenvalue weighted by atomic mass is 16.5. The van der Waals surface area contributed by atoms with Crippen molar-refractivity contribution in [3.8, 4) is 11.5 Å². The number of amides is 1. The molecule has 184 valence electrons. The van der Waals surface area contributed by atoms with Gasteiger partial charge in [-0.3, -0.25) is 9.69 Å². The summed E-state index contributed by atoms with van der Waals surface area (Å²) in [5.41, 5.74) is 1.96. The molecule has 0 N–H and O–H groups in total. The number of methoxy groups -OCH3 is 2. The van der Waals surface area contributed by atoms with Crippen LogP contribution in [0.1, 0.15) is 48.0 Å². The summed E-state index contributed by atoms with van der Waals surface area (Å²) >= 11 is 0. The predicted octanol–water partition coefficient (Wildman–Crippen LogP) is 4.42. The third kappa shape index (κ3) is 6.10. The summed E-state index contributed by atoms with van der Waals surface area (Å²) in [6, 6.07) is 16.3. The third-order valence-electron chi connectivity index (χ3n) is 7.15. The molecule has 0 aliphatic carbocycles. The molecule has 0 spiro atoms. The van der Waals surface area contributed by atoms with Crippen LogP contribution in [-0.2, 0) is 11.2 Å². The maximum atomic E-state index is 13.7. The Morgan fingerprint density at radius 2 is 1.82 bits per heavy atom. The van der Waals surface area contributed by atoms with Gasteiger partial charge in [0.05, 0.1) is 24.8 Å². The lowest BCUT2D eigenvalue weighted by Crippen LogP contribution is -2.51. The first-order valence-corrected chi connectivity index (χ1v) is 12.6. The largest absolute Gasteiger partial charge is 0.497 e. The van der Waals surface area contributed by atoms with Crippen molar-refractivity contribution in [2.45, 2.75) is 50.7 Å². The number of carbonyl (C=O) groups is 1. The summed E-state index contributed by atoms with van der Waals surface area (Å²) in [7, 11) is 3.41. The van der Waals surface area contributed by atoms with E-state index in [-0.39, 0.29) is 18.1 Å². The number of piperidine rings is 1. The van der Waals surface area contributed by atoms with Crippen LogP contribution in [0, 0.1) is 0 Å². The Kier molecular flexibility index (Phi) is 8.83. The normalized spacial score (nSPS) is 22.4. The highest BCUT2D eigenvalue weighted by Crippen LogP contribution is 2.31. The first-order valence-electron chi connectivity index (χ1n) is 12.6. The van der Waals surface area contributed by atoms with Crippen molar-refractivity contribution in [2.24, 2.45) is 0 Å². The molecule has 6 heteroatoms. The van der Waals surface area contributed by atoms with Crippen molar-refractivity contribution >= 4 is 5.91 Å². The molecule has 2 aliphatic heterocycles. The van der Waals surface area contributed by atoms with Gasteiger partial charge >= 0.3 is 0 Å². The van der Waals surface area contributed by atoms with Gasteiger partial charge in [0.25, 0.3) is 5.91 Å². The van der Waals surface area contributed by atoms with Gasteiger partial charge in [0.15, 0.2) is 0 Å². The monoisotopic (exact) mass is 466 g/mol. The average Bonchev–Trinajstić information content (AvgIpc) is 2.89. The van der Waals surface area contributed by atoms with E-state index < -0.39 is 0 Å². The summed E-state index contributed by atoms with van der Waals surface area (Å²) in [5, 5.41) is 0. The molecule has 4 rings (SSSR count). The summed E-state index contributed by atoms with van der Waals surface area (Å²) in [6.45, 7) is 4.14. The Morgan fingerprint density at radius 1 is 0.971 bits per heavy atom. The van der Waals surface area contributed by atoms with Gasteiger partial charge in [-0.2, -0.15) is 0 Å². The molecule has 0 radical (unpaired) electrons. The van der Waals surface area contributed by atoms with E-state index in [4.69, 9.17) is 14.2 Å². The number of nitrogens with zero attached hydrogens (tertiary/aromatic N) is 2. The van der Waals surface area contributed by atoms with Crippen molar-refractivity contribution in [3.63, 3.8) is 0 Å². The Balaban J connectivity index is 1.55. The van der Waals surface area contributed by atoms with Gasteiger partial charge in [0.2, 0.25) is 0 Å². The van der Waals surface area contributed by atoms with E-state index in [9.17, 15) is 4.79 Å². The molecule has 2 aromatic carbocycles. The van der Waals surface area contributed by atoms with Gasteiger partial charge in [-0.05, 0) is 56.3 Å². The van der Waals surface area contributed by atoms with Crippen LogP contribution in [0.15, 0.2) is 48.5 Å². The number of fused-ring (bicyclic) bond motifs is 2. The molecule has 34 heavy (non-hydrogen) atoms. The molecule has 0 aromatic heterocycles. The summed E-state index contributed by atoms with van der Waals surface area (Å²) in [6.07, 6.45) is 6.20. The molecule has 0 bridgehead atoms. The zero-order valence-corrected chi connectivity index (χ0v) is 20.6. The lowest BCUT2D eigenvalue weighted by Gasteiger charge is -2.41. The van der Waals surface area contributed by atoms with Crippen LogP contribution in [0.25, 0.3) is 0 Å². The smallest absolute Gasteiger partial charge is 0.257 e. The zero-order chi connectivity index (χ0) is 23.8. The number of hydrogen-bond donors (Lipinski definition) is 0. The van der Waals surface area contributed by atoms with Gasteiger partial charge < -0.3 is 19.1 Å².